The third-order valence-electron chi connectivity index (χ3n) is 2.95. The summed E-state index contributed by atoms with van der Waals surface area (Å²) in [5.41, 5.74) is -0.894. The van der Waals surface area contributed by atoms with Crippen LogP contribution in [0.3, 0.4) is 0 Å². The quantitative estimate of drug-likeness (QED) is 0.584. The van der Waals surface area contributed by atoms with Gasteiger partial charge in [0.2, 0.25) is 10.0 Å². The van der Waals surface area contributed by atoms with Crippen molar-refractivity contribution in [3.63, 3.8) is 0 Å². The largest absolute Gasteiger partial charge is 0.396 e. The topological polar surface area (TPSA) is 110 Å². The van der Waals surface area contributed by atoms with E-state index in [0.29, 0.717) is 6.42 Å². The Kier molecular flexibility index (Phi) is 5.68. The molecule has 0 fully saturated rings. The van der Waals surface area contributed by atoms with Gasteiger partial charge >= 0.3 is 0 Å². The van der Waals surface area contributed by atoms with E-state index in [1.807, 2.05) is 0 Å². The Hall–Kier alpha value is -1.22. The molecule has 0 saturated carbocycles. The van der Waals surface area contributed by atoms with Crippen LogP contribution in [0.1, 0.15) is 20.3 Å². The zero-order valence-corrected chi connectivity index (χ0v) is 13.2. The minimum absolute atomic E-state index is 0.0544. The Morgan fingerprint density at radius 1 is 1.43 bits per heavy atom. The molecule has 1 rings (SSSR count). The fraction of sp³-hybridized carbons (Fsp3) is 0.500. The molecule has 0 aromatic heterocycles. The number of sulfonamides is 1. The van der Waals surface area contributed by atoms with Crippen molar-refractivity contribution in [3.8, 4) is 0 Å². The first-order valence-electron chi connectivity index (χ1n) is 6.13. The first-order chi connectivity index (χ1) is 9.59. The van der Waals surface area contributed by atoms with Gasteiger partial charge in [0.05, 0.1) is 9.82 Å². The minimum atomic E-state index is -3.88. The summed E-state index contributed by atoms with van der Waals surface area (Å²) in [7, 11) is -3.88. The van der Waals surface area contributed by atoms with Crippen molar-refractivity contribution in [2.24, 2.45) is 5.41 Å². The fourth-order valence-electron chi connectivity index (χ4n) is 1.56. The number of nitrogens with one attached hydrogen (secondary N) is 1. The van der Waals surface area contributed by atoms with Gasteiger partial charge in [-0.15, -0.1) is 0 Å². The van der Waals surface area contributed by atoms with Gasteiger partial charge in [0.25, 0.3) is 5.69 Å². The highest BCUT2D eigenvalue weighted by Crippen LogP contribution is 2.27. The molecule has 0 aliphatic rings. The molecule has 21 heavy (non-hydrogen) atoms. The average Bonchev–Trinajstić information content (AvgIpc) is 2.36. The number of benzene rings is 1. The molecule has 0 atom stereocenters. The van der Waals surface area contributed by atoms with E-state index in [-0.39, 0.29) is 23.1 Å². The van der Waals surface area contributed by atoms with Crippen LogP contribution in [0, 0.1) is 15.5 Å². The van der Waals surface area contributed by atoms with Gasteiger partial charge in [-0.3, -0.25) is 10.1 Å². The van der Waals surface area contributed by atoms with Crippen LogP contribution in [0.5, 0.6) is 0 Å². The molecule has 0 unspecified atom stereocenters. The zero-order valence-electron chi connectivity index (χ0n) is 11.7. The Labute approximate surface area is 128 Å². The van der Waals surface area contributed by atoms with E-state index in [1.165, 1.54) is 12.1 Å². The van der Waals surface area contributed by atoms with E-state index in [0.717, 1.165) is 6.07 Å². The average molecular weight is 337 g/mol. The van der Waals surface area contributed by atoms with Gasteiger partial charge in [-0.1, -0.05) is 25.4 Å². The number of aliphatic hydroxyl groups excluding tert-OH is 1. The van der Waals surface area contributed by atoms with Crippen molar-refractivity contribution < 1.29 is 18.4 Å². The van der Waals surface area contributed by atoms with Gasteiger partial charge < -0.3 is 5.11 Å². The summed E-state index contributed by atoms with van der Waals surface area (Å²) in [6, 6.07) is 3.30. The highest BCUT2D eigenvalue weighted by molar-refractivity contribution is 7.89. The second-order valence-corrected chi connectivity index (χ2v) is 7.51. The standard InChI is InChI=1S/C12H17ClN2O5S/c1-12(2,5-6-16)8-14-21(19,20)9-3-4-10(13)11(7-9)15(17)18/h3-4,7,14,16H,5-6,8H2,1-2H3. The first kappa shape index (κ1) is 17.8. The van der Waals surface area contributed by atoms with Gasteiger partial charge in [-0.2, -0.15) is 0 Å². The molecule has 0 aliphatic carbocycles. The van der Waals surface area contributed by atoms with Crippen LogP contribution in [-0.2, 0) is 10.0 Å². The summed E-state index contributed by atoms with van der Waals surface area (Å²) in [5, 5.41) is 19.6. The number of nitro benzene ring substituents is 1. The number of rotatable bonds is 7. The zero-order chi connectivity index (χ0) is 16.3. The number of hydrogen-bond acceptors (Lipinski definition) is 5. The Bertz CT molecular complexity index is 631. The summed E-state index contributed by atoms with van der Waals surface area (Å²) in [4.78, 5) is 9.82. The van der Waals surface area contributed by atoms with Crippen LogP contribution in [0.25, 0.3) is 0 Å². The van der Waals surface area contributed by atoms with Crippen LogP contribution < -0.4 is 4.72 Å². The van der Waals surface area contributed by atoms with Crippen molar-refractivity contribution in [1.82, 2.24) is 4.72 Å². The van der Waals surface area contributed by atoms with Crippen LogP contribution in [0.15, 0.2) is 23.1 Å². The lowest BCUT2D eigenvalue weighted by atomic mass is 9.90. The molecule has 118 valence electrons. The van der Waals surface area contributed by atoms with Crippen molar-refractivity contribution in [1.29, 1.82) is 0 Å². The van der Waals surface area contributed by atoms with Crippen molar-refractivity contribution >= 4 is 27.3 Å². The number of halogens is 1. The van der Waals surface area contributed by atoms with Gasteiger partial charge in [0.15, 0.2) is 0 Å². The van der Waals surface area contributed by atoms with E-state index in [1.54, 1.807) is 13.8 Å². The third kappa shape index (κ3) is 4.92. The lowest BCUT2D eigenvalue weighted by molar-refractivity contribution is -0.384. The van der Waals surface area contributed by atoms with E-state index in [2.05, 4.69) is 4.72 Å². The Balaban J connectivity index is 2.99. The molecule has 0 aliphatic heterocycles. The molecule has 1 aromatic carbocycles. The van der Waals surface area contributed by atoms with Crippen LogP contribution in [0.2, 0.25) is 5.02 Å². The molecule has 1 aromatic rings. The molecule has 0 spiro atoms. The lowest BCUT2D eigenvalue weighted by Gasteiger charge is -2.23. The van der Waals surface area contributed by atoms with Crippen LogP contribution in [0.4, 0.5) is 5.69 Å². The lowest BCUT2D eigenvalue weighted by Crippen LogP contribution is -2.34. The molecule has 0 saturated heterocycles. The predicted molar refractivity (Wildman–Crippen MR) is 78.8 cm³/mol. The molecule has 7 nitrogen and oxygen atoms in total. The van der Waals surface area contributed by atoms with Gasteiger partial charge in [-0.05, 0) is 24.0 Å². The van der Waals surface area contributed by atoms with Gasteiger partial charge in [-0.25, -0.2) is 13.1 Å². The fourth-order valence-corrected chi connectivity index (χ4v) is 3.01. The van der Waals surface area contributed by atoms with E-state index < -0.39 is 26.0 Å². The number of aliphatic hydroxyl groups is 1. The van der Waals surface area contributed by atoms with Crippen molar-refractivity contribution in [2.45, 2.75) is 25.2 Å². The summed E-state index contributed by atoms with van der Waals surface area (Å²) in [6.45, 7) is 3.65. The maximum atomic E-state index is 12.1. The molecule has 0 amide bonds. The second kappa shape index (κ2) is 6.69. The van der Waals surface area contributed by atoms with Crippen molar-refractivity contribution in [2.75, 3.05) is 13.2 Å². The van der Waals surface area contributed by atoms with E-state index in [9.17, 15) is 18.5 Å². The highest BCUT2D eigenvalue weighted by Gasteiger charge is 2.24. The second-order valence-electron chi connectivity index (χ2n) is 5.33. The number of nitro groups is 1. The summed E-state index contributed by atoms with van der Waals surface area (Å²) in [5.74, 6) is 0. The molecule has 2 N–H and O–H groups in total. The Morgan fingerprint density at radius 2 is 2.05 bits per heavy atom. The Morgan fingerprint density at radius 3 is 2.57 bits per heavy atom. The molecule has 0 bridgehead atoms. The molecular formula is C12H17ClN2O5S. The highest BCUT2D eigenvalue weighted by atomic mass is 35.5. The molecular weight excluding hydrogens is 320 g/mol. The minimum Gasteiger partial charge on any atom is -0.396 e. The van der Waals surface area contributed by atoms with Crippen LogP contribution in [-0.4, -0.2) is 31.6 Å². The predicted octanol–water partition coefficient (Wildman–Crippen LogP) is 1.94. The smallest absolute Gasteiger partial charge is 0.289 e. The summed E-state index contributed by atoms with van der Waals surface area (Å²) < 4.78 is 26.6. The third-order valence-corrected chi connectivity index (χ3v) is 4.67. The maximum Gasteiger partial charge on any atom is 0.289 e. The number of nitrogens with zero attached hydrogens (tertiary/aromatic N) is 1. The summed E-state index contributed by atoms with van der Waals surface area (Å²) in [6.07, 6.45) is 0.427. The molecule has 0 radical (unpaired) electrons. The summed E-state index contributed by atoms with van der Waals surface area (Å²) >= 11 is 5.65. The maximum absolute atomic E-state index is 12.1. The van der Waals surface area contributed by atoms with E-state index >= 15 is 0 Å². The van der Waals surface area contributed by atoms with E-state index in [4.69, 9.17) is 16.7 Å². The van der Waals surface area contributed by atoms with Gasteiger partial charge in [0.1, 0.15) is 5.02 Å². The van der Waals surface area contributed by atoms with Crippen molar-refractivity contribution in [3.05, 3.63) is 33.3 Å². The normalized spacial score (nSPS) is 12.4. The molecule has 0 heterocycles. The molecule has 9 heteroatoms. The van der Waals surface area contributed by atoms with Gasteiger partial charge in [0, 0.05) is 19.2 Å². The SMILES string of the molecule is CC(C)(CCO)CNS(=O)(=O)c1ccc(Cl)c([N+](=O)[O-])c1. The van der Waals surface area contributed by atoms with Crippen LogP contribution >= 0.6 is 11.6 Å². The first-order valence-corrected chi connectivity index (χ1v) is 8.00. The number of hydrogen-bond donors (Lipinski definition) is 2. The monoisotopic (exact) mass is 336 g/mol.